The lowest BCUT2D eigenvalue weighted by atomic mass is 9.96. The van der Waals surface area contributed by atoms with E-state index in [0.29, 0.717) is 27.6 Å². The number of Topliss-reactive ketones (excluding diaryl/α,β-unsaturated/α-hetero) is 1. The third-order valence-corrected chi connectivity index (χ3v) is 8.03. The average molecular weight is 541 g/mol. The fourth-order valence-electron chi connectivity index (χ4n) is 5.01. The molecule has 4 heterocycles. The zero-order chi connectivity index (χ0) is 27.6. The molecule has 1 aliphatic heterocycles. The predicted octanol–water partition coefficient (Wildman–Crippen LogP) is 5.21. The number of phenols is 1. The van der Waals surface area contributed by atoms with Gasteiger partial charge in [-0.15, -0.1) is 0 Å². The van der Waals surface area contributed by atoms with Crippen LogP contribution in [0.25, 0.3) is 21.6 Å². The number of aliphatic hydroxyl groups excluding tert-OH is 1. The van der Waals surface area contributed by atoms with Crippen molar-refractivity contribution in [2.24, 2.45) is 0 Å². The van der Waals surface area contributed by atoms with Gasteiger partial charge in [0, 0.05) is 6.20 Å². The number of benzene rings is 2. The molecule has 0 aliphatic carbocycles. The third kappa shape index (κ3) is 3.75. The normalized spacial score (nSPS) is 17.0. The van der Waals surface area contributed by atoms with Gasteiger partial charge in [0.2, 0.25) is 0 Å². The highest BCUT2D eigenvalue weighted by molar-refractivity contribution is 7.22. The molecule has 5 aromatic rings. The molecular formula is C29H24N4O5S. The SMILES string of the molecule is COc1cc(C2/C(=C(\O)c3nc4c(C)cccn4c3C)C(=O)C(=O)N2c2nc3ccc(C)cc3s2)ccc1O. The zero-order valence-corrected chi connectivity index (χ0v) is 22.4. The second kappa shape index (κ2) is 8.95. The van der Waals surface area contributed by atoms with Crippen LogP contribution in [-0.4, -0.2) is 43.4 Å². The molecule has 1 aliphatic rings. The molecule has 196 valence electrons. The van der Waals surface area contributed by atoms with Gasteiger partial charge in [-0.1, -0.05) is 29.5 Å². The van der Waals surface area contributed by atoms with E-state index in [1.807, 2.05) is 54.8 Å². The van der Waals surface area contributed by atoms with Gasteiger partial charge in [0.25, 0.3) is 5.78 Å². The Balaban J connectivity index is 1.61. The summed E-state index contributed by atoms with van der Waals surface area (Å²) in [4.78, 5) is 37.8. The maximum absolute atomic E-state index is 13.6. The van der Waals surface area contributed by atoms with E-state index in [1.54, 1.807) is 19.1 Å². The number of aliphatic hydroxyl groups is 1. The molecule has 1 amide bonds. The van der Waals surface area contributed by atoms with E-state index in [1.165, 1.54) is 29.4 Å². The van der Waals surface area contributed by atoms with Crippen LogP contribution in [0.4, 0.5) is 5.13 Å². The quantitative estimate of drug-likeness (QED) is 0.183. The molecule has 0 radical (unpaired) electrons. The number of phenolic OH excluding ortho intramolecular Hbond substituents is 1. The number of thiazole rings is 1. The average Bonchev–Trinajstić information content (AvgIpc) is 3.56. The first-order valence-corrected chi connectivity index (χ1v) is 13.0. The Kier molecular flexibility index (Phi) is 5.65. The molecule has 3 aromatic heterocycles. The van der Waals surface area contributed by atoms with Crippen LogP contribution >= 0.6 is 11.3 Å². The number of carbonyl (C=O) groups excluding carboxylic acids is 2. The highest BCUT2D eigenvalue weighted by Gasteiger charge is 2.49. The minimum Gasteiger partial charge on any atom is -0.505 e. The fraction of sp³-hybridized carbons (Fsp3) is 0.172. The van der Waals surface area contributed by atoms with Gasteiger partial charge in [-0.3, -0.25) is 14.5 Å². The number of aromatic nitrogens is 3. The van der Waals surface area contributed by atoms with Crippen LogP contribution in [0.15, 0.2) is 60.3 Å². The van der Waals surface area contributed by atoms with E-state index >= 15 is 0 Å². The summed E-state index contributed by atoms with van der Waals surface area (Å²) in [5, 5.41) is 22.2. The number of imidazole rings is 1. The highest BCUT2D eigenvalue weighted by Crippen LogP contribution is 2.46. The topological polar surface area (TPSA) is 117 Å². The molecule has 39 heavy (non-hydrogen) atoms. The molecule has 0 saturated carbocycles. The summed E-state index contributed by atoms with van der Waals surface area (Å²) in [5.74, 6) is -1.99. The number of aryl methyl sites for hydroxylation is 3. The Morgan fingerprint density at radius 3 is 2.59 bits per heavy atom. The molecule has 9 nitrogen and oxygen atoms in total. The molecule has 2 N–H and O–H groups in total. The largest absolute Gasteiger partial charge is 0.505 e. The Labute approximate surface area is 227 Å². The predicted molar refractivity (Wildman–Crippen MR) is 148 cm³/mol. The van der Waals surface area contributed by atoms with Crippen molar-refractivity contribution in [1.82, 2.24) is 14.4 Å². The summed E-state index contributed by atoms with van der Waals surface area (Å²) in [6.07, 6.45) is 1.82. The number of fused-ring (bicyclic) bond motifs is 2. The van der Waals surface area contributed by atoms with Gasteiger partial charge in [0.05, 0.1) is 34.6 Å². The van der Waals surface area contributed by atoms with Gasteiger partial charge in [0.15, 0.2) is 22.4 Å². The number of carbonyl (C=O) groups is 2. The van der Waals surface area contributed by atoms with Gasteiger partial charge in [-0.2, -0.15) is 0 Å². The van der Waals surface area contributed by atoms with E-state index in [2.05, 4.69) is 9.97 Å². The van der Waals surface area contributed by atoms with Gasteiger partial charge in [-0.05, 0) is 67.8 Å². The van der Waals surface area contributed by atoms with Crippen molar-refractivity contribution in [2.75, 3.05) is 12.0 Å². The summed E-state index contributed by atoms with van der Waals surface area (Å²) in [6.45, 7) is 5.66. The lowest BCUT2D eigenvalue weighted by molar-refractivity contribution is -0.132. The second-order valence-electron chi connectivity index (χ2n) is 9.50. The van der Waals surface area contributed by atoms with Crippen molar-refractivity contribution in [3.63, 3.8) is 0 Å². The maximum atomic E-state index is 13.6. The van der Waals surface area contributed by atoms with E-state index in [0.717, 1.165) is 15.8 Å². The fourth-order valence-corrected chi connectivity index (χ4v) is 6.10. The summed E-state index contributed by atoms with van der Waals surface area (Å²) in [6, 6.07) is 13.1. The Morgan fingerprint density at radius 2 is 1.85 bits per heavy atom. The minimum atomic E-state index is -1.04. The first kappa shape index (κ1) is 24.6. The van der Waals surface area contributed by atoms with Crippen molar-refractivity contribution in [3.8, 4) is 11.5 Å². The smallest absolute Gasteiger partial charge is 0.301 e. The summed E-state index contributed by atoms with van der Waals surface area (Å²) >= 11 is 1.28. The van der Waals surface area contributed by atoms with Crippen LogP contribution in [0.1, 0.15) is 34.1 Å². The van der Waals surface area contributed by atoms with Crippen molar-refractivity contribution >= 4 is 49.8 Å². The number of amides is 1. The summed E-state index contributed by atoms with van der Waals surface area (Å²) in [7, 11) is 1.41. The molecule has 10 heteroatoms. The third-order valence-electron chi connectivity index (χ3n) is 7.01. The van der Waals surface area contributed by atoms with E-state index in [9.17, 15) is 19.8 Å². The van der Waals surface area contributed by atoms with Crippen LogP contribution < -0.4 is 9.64 Å². The molecule has 1 fully saturated rings. The lowest BCUT2D eigenvalue weighted by Gasteiger charge is -2.23. The monoisotopic (exact) mass is 540 g/mol. The standard InChI is InChI=1S/C29H24N4O5S/c1-14-7-9-18-21(12-14)39-29(30-18)33-24(17-8-10-19(34)20(13-17)38-4)22(26(36)28(33)37)25(35)23-16(3)32-11-5-6-15(2)27(32)31-23/h5-13,24,34-35H,1-4H3/b25-22+. The number of ketones is 1. The summed E-state index contributed by atoms with van der Waals surface area (Å²) in [5.41, 5.74) is 4.42. The Morgan fingerprint density at radius 1 is 1.05 bits per heavy atom. The first-order valence-electron chi connectivity index (χ1n) is 12.2. The number of aromatic hydroxyl groups is 1. The molecule has 2 aromatic carbocycles. The molecular weight excluding hydrogens is 516 g/mol. The van der Waals surface area contributed by atoms with Gasteiger partial charge >= 0.3 is 5.91 Å². The second-order valence-corrected chi connectivity index (χ2v) is 10.5. The van der Waals surface area contributed by atoms with Crippen molar-refractivity contribution in [3.05, 3.63) is 88.4 Å². The molecule has 1 atom stereocenters. The first-order chi connectivity index (χ1) is 18.7. The minimum absolute atomic E-state index is 0.0969. The molecule has 6 rings (SSSR count). The van der Waals surface area contributed by atoms with E-state index < -0.39 is 17.7 Å². The number of anilines is 1. The maximum Gasteiger partial charge on any atom is 0.301 e. The van der Waals surface area contributed by atoms with Gasteiger partial charge in [-0.25, -0.2) is 9.97 Å². The van der Waals surface area contributed by atoms with Crippen LogP contribution in [0.3, 0.4) is 0 Å². The molecule has 0 spiro atoms. The van der Waals surface area contributed by atoms with E-state index in [4.69, 9.17) is 4.74 Å². The molecule has 1 saturated heterocycles. The number of nitrogens with zero attached hydrogens (tertiary/aromatic N) is 4. The van der Waals surface area contributed by atoms with E-state index in [-0.39, 0.29) is 28.5 Å². The number of rotatable bonds is 4. The Bertz CT molecular complexity index is 1870. The number of hydrogen-bond donors (Lipinski definition) is 2. The zero-order valence-electron chi connectivity index (χ0n) is 21.6. The van der Waals surface area contributed by atoms with Crippen LogP contribution in [0, 0.1) is 20.8 Å². The van der Waals surface area contributed by atoms with Gasteiger partial charge in [0.1, 0.15) is 11.3 Å². The van der Waals surface area contributed by atoms with Gasteiger partial charge < -0.3 is 19.4 Å². The van der Waals surface area contributed by atoms with Crippen LogP contribution in [0.2, 0.25) is 0 Å². The number of ether oxygens (including phenoxy) is 1. The van der Waals surface area contributed by atoms with Crippen LogP contribution in [0.5, 0.6) is 11.5 Å². The van der Waals surface area contributed by atoms with Crippen molar-refractivity contribution in [1.29, 1.82) is 0 Å². The van der Waals surface area contributed by atoms with Crippen molar-refractivity contribution < 1.29 is 24.5 Å². The molecule has 0 bridgehead atoms. The summed E-state index contributed by atoms with van der Waals surface area (Å²) < 4.78 is 8.00. The number of pyridine rings is 1. The van der Waals surface area contributed by atoms with Crippen LogP contribution in [-0.2, 0) is 9.59 Å². The molecule has 1 unspecified atom stereocenters. The lowest BCUT2D eigenvalue weighted by Crippen LogP contribution is -2.29. The number of methoxy groups -OCH3 is 1. The number of hydrogen-bond acceptors (Lipinski definition) is 8. The Hall–Kier alpha value is -4.70. The van der Waals surface area contributed by atoms with Crippen molar-refractivity contribution in [2.45, 2.75) is 26.8 Å². The highest BCUT2D eigenvalue weighted by atomic mass is 32.1.